The molecule has 5 aromatic rings. The number of nitrogens with one attached hydrogen (secondary N) is 15. The molecule has 2 fully saturated rings. The number of aliphatic carboxylic acids is 2. The fraction of sp³-hybridized carbons (Fsp3) is 0.422. The number of nitrogens with zero attached hydrogens (tertiary/aromatic N) is 4. The van der Waals surface area contributed by atoms with E-state index in [9.17, 15) is 101 Å². The second-order valence-electron chi connectivity index (χ2n) is 29.7. The second-order valence-corrected chi connectivity index (χ2v) is 31.2. The number of unbranched alkanes of at least 4 members (excludes halogenated alkanes) is 2. The Labute approximate surface area is 738 Å². The van der Waals surface area contributed by atoms with Crippen LogP contribution in [0.15, 0.2) is 154 Å². The van der Waals surface area contributed by atoms with Crippen LogP contribution < -0.4 is 103 Å². The smallest absolute Gasteiger partial charge is 0.305 e. The number of hydrogen-bond acceptors (Lipinski definition) is 24. The quantitative estimate of drug-likeness (QED) is 0.00875. The predicted octanol–water partition coefficient (Wildman–Crippen LogP) is -2.00. The number of carboxylic acids is 2. The number of carbonyl (C=O) groups is 16. The van der Waals surface area contributed by atoms with E-state index in [4.69, 9.17) is 22.9 Å². The summed E-state index contributed by atoms with van der Waals surface area (Å²) >= 11 is 0. The highest BCUT2D eigenvalue weighted by Crippen LogP contribution is 2.45. The number of nitrogens with two attached hydrogens (primary N) is 4. The third-order valence-corrected chi connectivity index (χ3v) is 20.3. The van der Waals surface area contributed by atoms with E-state index < -0.39 is 186 Å². The zero-order valence-electron chi connectivity index (χ0n) is 70.6. The van der Waals surface area contributed by atoms with Crippen molar-refractivity contribution in [2.45, 2.75) is 188 Å². The van der Waals surface area contributed by atoms with Crippen molar-refractivity contribution in [1.82, 2.24) is 79.4 Å². The normalized spacial score (nSPS) is 19.2. The molecule has 44 nitrogen and oxygen atoms in total. The average molecular weight is 1800 g/mol. The lowest BCUT2D eigenvalue weighted by Crippen LogP contribution is -2.58. The van der Waals surface area contributed by atoms with E-state index in [1.165, 1.54) is 49.7 Å². The van der Waals surface area contributed by atoms with E-state index in [0.717, 1.165) is 0 Å². The van der Waals surface area contributed by atoms with E-state index in [1.807, 2.05) is 6.92 Å². The van der Waals surface area contributed by atoms with Crippen molar-refractivity contribution in [3.05, 3.63) is 161 Å². The maximum Gasteiger partial charge on any atom is 0.305 e. The van der Waals surface area contributed by atoms with Gasteiger partial charge in [0.25, 0.3) is 5.91 Å². The number of rotatable bonds is 39. The van der Waals surface area contributed by atoms with Crippen molar-refractivity contribution in [3.8, 4) is 0 Å². The summed E-state index contributed by atoms with van der Waals surface area (Å²) in [5.74, 6) is -13.4. The van der Waals surface area contributed by atoms with Gasteiger partial charge in [-0.3, -0.25) is 92.1 Å². The summed E-state index contributed by atoms with van der Waals surface area (Å²) < 4.78 is 29.2. The second kappa shape index (κ2) is 53.8. The molecule has 28 N–H and O–H groups in total. The van der Waals surface area contributed by atoms with Gasteiger partial charge >= 0.3 is 11.9 Å². The number of guanidine groups is 2. The van der Waals surface area contributed by atoms with Gasteiger partial charge in [-0.1, -0.05) is 116 Å². The fourth-order valence-corrected chi connectivity index (χ4v) is 13.5. The zero-order valence-corrected chi connectivity index (χ0v) is 71.4. The molecule has 14 amide bonds. The highest BCUT2D eigenvalue weighted by Gasteiger charge is 2.37. The van der Waals surface area contributed by atoms with Gasteiger partial charge in [-0.15, -0.1) is 0 Å². The van der Waals surface area contributed by atoms with Crippen LogP contribution in [0.1, 0.15) is 136 Å². The Morgan fingerprint density at radius 3 is 1.34 bits per heavy atom. The number of benzene rings is 4. The third kappa shape index (κ3) is 38.1. The first-order valence-electron chi connectivity index (χ1n) is 41.2. The summed E-state index contributed by atoms with van der Waals surface area (Å²) in [5, 5.41) is 59.0. The molecular formula is C83H113N23O21S. The Morgan fingerprint density at radius 2 is 0.898 bits per heavy atom. The van der Waals surface area contributed by atoms with Crippen LogP contribution in [-0.2, 0) is 91.2 Å². The summed E-state index contributed by atoms with van der Waals surface area (Å²) in [6.07, 6.45) is 3.72. The van der Waals surface area contributed by atoms with Crippen molar-refractivity contribution in [3.63, 3.8) is 0 Å². The van der Waals surface area contributed by atoms with Gasteiger partial charge in [0, 0.05) is 63.6 Å². The van der Waals surface area contributed by atoms with Gasteiger partial charge in [-0.25, -0.2) is 4.98 Å². The molecule has 0 aliphatic carbocycles. The Kier molecular flexibility index (Phi) is 43.2. The maximum atomic E-state index is 14.1. The SMILES string of the molecule is CC(NC(=O)[C@H](Cc1ccccc1)NC(=O)c1ccc(NN=Cc2ccccc2S(O)(O)O)nc1)C(=O)NCCCC[C@@H]1NC(=O)[C@@H](Cc2ccccc2)NC(=O)[C@H](CC(=O)O)NC(=O)CNC(=O)[C@H](CCCN=C(N)N)NC1=O.CCCC(=O)NCCCC[C@@H]1NC(=O)[C@@H](Cc2ccccc2)NC(=O)[C@H](CC(=O)O)NC(=O)CNC(=O)[C@H](CCCN=C(N)N)NC1=O. The van der Waals surface area contributed by atoms with E-state index in [-0.39, 0.29) is 130 Å². The summed E-state index contributed by atoms with van der Waals surface area (Å²) in [7, 11) is -4.01. The molecule has 10 atom stereocenters. The van der Waals surface area contributed by atoms with Crippen LogP contribution in [0.25, 0.3) is 0 Å². The molecule has 2 saturated heterocycles. The van der Waals surface area contributed by atoms with Gasteiger partial charge in [0.1, 0.15) is 77.1 Å². The number of pyridine rings is 1. The number of aromatic nitrogens is 1. The molecule has 4 aromatic carbocycles. The standard InChI is InChI=1S/C52H66N14O13S.C31H47N9O8/c1-31(60-49(74)38(25-32-13-4-2-5-14-32)64-46(71)35-21-22-42(57-28-35)66-59-29-34-17-8-9-20-41(34)80(77,78)79)45(70)55-23-11-10-18-37-48(73)62-36(19-12-24-56-52(53)54)47(72)58-30-43(67)61-40(27-44(68)69)51(76)65-39(50(75)63-37)26-33-15-6-3-7-16-33;1-2-9-24(41)34-14-7-6-12-21-28(46)38-20(13-8-15-35-31(32)33)27(45)36-18-25(42)37-23(17-26(43)44)30(48)40-22(29(47)39-21)16-19-10-4-3-5-11-19/h2-9,13-17,20-22,28-29,31,36-40,77-79H,10-12,18-19,23-27,30H2,1H3,(H,55,70)(H,57,66)(H,58,72)(H,60,74)(H,61,67)(H,62,73)(H,63,75)(H,64,71)(H,65,76)(H,68,69)(H4,53,54,56);3-5,10-11,20-23H,2,6-9,12-18H2,1H3,(H,34,41)(H,36,45)(H,37,42)(H,38,46)(H,39,47)(H,40,48)(H,43,44)(H4,32,33,35)/t31?,36-,37-,38-,39+,40-;20-,21-,22+,23-/m00/s1. The minimum absolute atomic E-state index is 0.0165. The first-order valence-corrected chi connectivity index (χ1v) is 42.7. The van der Waals surface area contributed by atoms with E-state index in [2.05, 4.69) is 99.9 Å². The summed E-state index contributed by atoms with van der Waals surface area (Å²) in [5.41, 5.74) is 26.6. The molecule has 2 aliphatic rings. The molecule has 692 valence electrons. The van der Waals surface area contributed by atoms with Crippen LogP contribution in [0, 0.1) is 0 Å². The summed E-state index contributed by atoms with van der Waals surface area (Å²) in [4.78, 5) is 222. The molecule has 0 radical (unpaired) electrons. The molecule has 45 heteroatoms. The number of carbonyl (C=O) groups excluding carboxylic acids is 14. The molecule has 7 rings (SSSR count). The predicted molar refractivity (Wildman–Crippen MR) is 469 cm³/mol. The van der Waals surface area contributed by atoms with Gasteiger partial charge in [-0.05, 0) is 112 Å². The maximum absolute atomic E-state index is 14.1. The van der Waals surface area contributed by atoms with Crippen molar-refractivity contribution < 1.29 is 101 Å². The molecule has 0 bridgehead atoms. The van der Waals surface area contributed by atoms with Gasteiger partial charge in [-0.2, -0.15) is 5.10 Å². The molecule has 3 heterocycles. The van der Waals surface area contributed by atoms with E-state index in [0.29, 0.717) is 48.9 Å². The van der Waals surface area contributed by atoms with Crippen molar-refractivity contribution in [2.24, 2.45) is 38.0 Å². The van der Waals surface area contributed by atoms with Gasteiger partial charge in [0.05, 0.1) is 42.6 Å². The zero-order chi connectivity index (χ0) is 93.7. The third-order valence-electron chi connectivity index (χ3n) is 19.4. The lowest BCUT2D eigenvalue weighted by atomic mass is 10.0. The van der Waals surface area contributed by atoms with Crippen molar-refractivity contribution in [2.75, 3.05) is 44.7 Å². The first kappa shape index (κ1) is 103. The van der Waals surface area contributed by atoms with Gasteiger partial charge in [0.2, 0.25) is 76.8 Å². The number of hydrazone groups is 1. The molecule has 1 unspecified atom stereocenters. The summed E-state index contributed by atoms with van der Waals surface area (Å²) in [6, 6.07) is 21.8. The largest absolute Gasteiger partial charge is 0.481 e. The molecule has 0 saturated carbocycles. The topological polar surface area (TPSA) is 709 Å². The highest BCUT2D eigenvalue weighted by molar-refractivity contribution is 8.19. The Balaban J connectivity index is 0.000000449. The average Bonchev–Trinajstić information content (AvgIpc) is 0.863. The lowest BCUT2D eigenvalue weighted by Gasteiger charge is -2.26. The minimum Gasteiger partial charge on any atom is -0.481 e. The summed E-state index contributed by atoms with van der Waals surface area (Å²) in [6.45, 7) is 2.63. The Bertz CT molecular complexity index is 4700. The number of carboxylic acid groups (broad SMARTS) is 2. The number of amides is 14. The van der Waals surface area contributed by atoms with Crippen LogP contribution in [0.5, 0.6) is 0 Å². The monoisotopic (exact) mass is 1800 g/mol. The number of anilines is 1. The Morgan fingerprint density at radius 1 is 0.484 bits per heavy atom. The molecule has 2 aliphatic heterocycles. The van der Waals surface area contributed by atoms with Crippen LogP contribution in [-0.4, -0.2) is 241 Å². The number of hydrogen-bond donors (Lipinski definition) is 24. The molecule has 1 aromatic heterocycles. The molecule has 128 heavy (non-hydrogen) atoms. The van der Waals surface area contributed by atoms with E-state index >= 15 is 0 Å². The lowest BCUT2D eigenvalue weighted by molar-refractivity contribution is -0.141. The van der Waals surface area contributed by atoms with Crippen LogP contribution in [0.2, 0.25) is 0 Å². The van der Waals surface area contributed by atoms with E-state index in [1.54, 1.807) is 97.1 Å². The Hall–Kier alpha value is -14.2. The molecular weight excluding hydrogens is 1690 g/mol. The van der Waals surface area contributed by atoms with Crippen LogP contribution in [0.3, 0.4) is 0 Å². The van der Waals surface area contributed by atoms with Gasteiger partial charge in [0.15, 0.2) is 11.9 Å². The molecule has 0 spiro atoms. The van der Waals surface area contributed by atoms with Crippen molar-refractivity contribution in [1.29, 1.82) is 0 Å². The highest BCUT2D eigenvalue weighted by atomic mass is 32.3. The van der Waals surface area contributed by atoms with Crippen LogP contribution >= 0.6 is 10.9 Å². The van der Waals surface area contributed by atoms with Crippen molar-refractivity contribution >= 4 is 129 Å². The van der Waals surface area contributed by atoms with Crippen LogP contribution in [0.4, 0.5) is 5.82 Å². The minimum atomic E-state index is -4.01. The van der Waals surface area contributed by atoms with Gasteiger partial charge < -0.3 is 121 Å². The first-order chi connectivity index (χ1) is 61.0. The number of aliphatic imine (C=N–C) groups is 2. The fourth-order valence-electron chi connectivity index (χ4n) is 12.8.